The molecule has 30 heavy (non-hydrogen) atoms. The topological polar surface area (TPSA) is 53.9 Å². The highest BCUT2D eigenvalue weighted by molar-refractivity contribution is 5.38. The molecule has 0 fully saturated rings. The maximum Gasteiger partial charge on any atom is 0.416 e. The lowest BCUT2D eigenvalue weighted by Crippen LogP contribution is -2.36. The van der Waals surface area contributed by atoms with Gasteiger partial charge in [0.05, 0.1) is 16.8 Å². The number of halogens is 3. The molecule has 1 aliphatic rings. The third-order valence-corrected chi connectivity index (χ3v) is 5.38. The number of hydrogen-bond acceptors (Lipinski definition) is 3. The van der Waals surface area contributed by atoms with Gasteiger partial charge in [-0.25, -0.2) is 4.98 Å². The molecule has 0 bridgehead atoms. The molecule has 4 rings (SSSR count). The number of aryl methyl sites for hydroxylation is 1. The van der Waals surface area contributed by atoms with Gasteiger partial charge in [0.25, 0.3) is 5.56 Å². The molecule has 3 heterocycles. The van der Waals surface area contributed by atoms with Crippen LogP contribution in [0.25, 0.3) is 5.69 Å². The second-order valence-corrected chi connectivity index (χ2v) is 7.56. The zero-order chi connectivity index (χ0) is 21.3. The summed E-state index contributed by atoms with van der Waals surface area (Å²) >= 11 is 0. The van der Waals surface area contributed by atoms with E-state index in [1.165, 1.54) is 12.1 Å². The zero-order valence-corrected chi connectivity index (χ0v) is 16.7. The van der Waals surface area contributed by atoms with Gasteiger partial charge < -0.3 is 9.55 Å². The molecule has 8 heteroatoms. The second kappa shape index (κ2) is 8.10. The Labute approximate surface area is 172 Å². The number of benzene rings is 1. The predicted molar refractivity (Wildman–Crippen MR) is 107 cm³/mol. The summed E-state index contributed by atoms with van der Waals surface area (Å²) in [5, 5.41) is 0. The highest BCUT2D eigenvalue weighted by atomic mass is 19.4. The number of aromatic nitrogens is 3. The van der Waals surface area contributed by atoms with Gasteiger partial charge in [0.2, 0.25) is 0 Å². The van der Waals surface area contributed by atoms with E-state index in [2.05, 4.69) is 14.9 Å². The summed E-state index contributed by atoms with van der Waals surface area (Å²) in [5.74, 6) is 0.742. The zero-order valence-electron chi connectivity index (χ0n) is 16.7. The Morgan fingerprint density at radius 3 is 2.63 bits per heavy atom. The van der Waals surface area contributed by atoms with E-state index in [9.17, 15) is 18.0 Å². The van der Waals surface area contributed by atoms with Crippen LogP contribution in [0.5, 0.6) is 0 Å². The molecule has 0 amide bonds. The van der Waals surface area contributed by atoms with Crippen LogP contribution in [-0.2, 0) is 32.1 Å². The molecule has 1 N–H and O–H groups in total. The third-order valence-electron chi connectivity index (χ3n) is 5.38. The van der Waals surface area contributed by atoms with Crippen LogP contribution in [0, 0.1) is 0 Å². The number of H-pyrrole nitrogens is 1. The Hall–Kier alpha value is -2.87. The normalized spacial score (nSPS) is 14.7. The highest BCUT2D eigenvalue weighted by Crippen LogP contribution is 2.30. The van der Waals surface area contributed by atoms with Crippen molar-refractivity contribution in [1.82, 2.24) is 19.4 Å². The standard InChI is InChI=1S/C22H23F3N4O/c1-2-4-20-26-19-10-12-28(14-18(19)21(30)27-20)13-17-5-3-11-29(17)16-8-6-15(7-9-16)22(23,24)25/h3,5-9,11H,2,4,10,12-14H2,1H3,(H,26,27,30). The number of nitrogens with one attached hydrogen (secondary N) is 1. The average molecular weight is 416 g/mol. The Morgan fingerprint density at radius 1 is 1.17 bits per heavy atom. The van der Waals surface area contributed by atoms with Crippen molar-refractivity contribution in [3.63, 3.8) is 0 Å². The van der Waals surface area contributed by atoms with E-state index < -0.39 is 11.7 Å². The highest BCUT2D eigenvalue weighted by Gasteiger charge is 2.30. The van der Waals surface area contributed by atoms with Crippen LogP contribution in [0.4, 0.5) is 13.2 Å². The van der Waals surface area contributed by atoms with Crippen molar-refractivity contribution < 1.29 is 13.2 Å². The van der Waals surface area contributed by atoms with Crippen molar-refractivity contribution in [2.24, 2.45) is 0 Å². The average Bonchev–Trinajstić information content (AvgIpc) is 3.16. The van der Waals surface area contributed by atoms with Crippen molar-refractivity contribution in [3.05, 3.63) is 81.3 Å². The summed E-state index contributed by atoms with van der Waals surface area (Å²) in [6.45, 7) is 3.91. The molecule has 0 atom stereocenters. The van der Waals surface area contributed by atoms with E-state index in [1.54, 1.807) is 0 Å². The van der Waals surface area contributed by atoms with E-state index in [0.717, 1.165) is 48.7 Å². The van der Waals surface area contributed by atoms with Gasteiger partial charge in [-0.1, -0.05) is 6.92 Å². The molecule has 1 aromatic carbocycles. The molecular formula is C22H23F3N4O. The molecule has 1 aliphatic heterocycles. The number of alkyl halides is 3. The monoisotopic (exact) mass is 416 g/mol. The second-order valence-electron chi connectivity index (χ2n) is 7.56. The summed E-state index contributed by atoms with van der Waals surface area (Å²) in [5.41, 5.74) is 2.45. The fraction of sp³-hybridized carbons (Fsp3) is 0.364. The van der Waals surface area contributed by atoms with Gasteiger partial charge >= 0.3 is 6.18 Å². The lowest BCUT2D eigenvalue weighted by atomic mass is 10.1. The molecule has 0 spiro atoms. The van der Waals surface area contributed by atoms with E-state index in [-0.39, 0.29) is 5.56 Å². The van der Waals surface area contributed by atoms with Gasteiger partial charge in [-0.3, -0.25) is 9.69 Å². The van der Waals surface area contributed by atoms with E-state index in [0.29, 0.717) is 30.8 Å². The molecule has 3 aromatic rings. The van der Waals surface area contributed by atoms with Crippen molar-refractivity contribution in [2.75, 3.05) is 6.54 Å². The van der Waals surface area contributed by atoms with E-state index >= 15 is 0 Å². The van der Waals surface area contributed by atoms with Gasteiger partial charge in [-0.2, -0.15) is 13.2 Å². The van der Waals surface area contributed by atoms with Gasteiger partial charge in [0, 0.05) is 50.1 Å². The van der Waals surface area contributed by atoms with Gasteiger partial charge in [-0.05, 0) is 42.8 Å². The first-order valence-corrected chi connectivity index (χ1v) is 10.0. The Balaban J connectivity index is 1.52. The summed E-state index contributed by atoms with van der Waals surface area (Å²) in [6, 6.07) is 8.95. The lowest BCUT2D eigenvalue weighted by Gasteiger charge is -2.28. The van der Waals surface area contributed by atoms with Gasteiger partial charge in [0.15, 0.2) is 0 Å². The molecule has 5 nitrogen and oxygen atoms in total. The molecule has 0 saturated carbocycles. The van der Waals surface area contributed by atoms with Crippen molar-refractivity contribution in [2.45, 2.75) is 45.5 Å². The number of aromatic amines is 1. The first-order chi connectivity index (χ1) is 14.3. The predicted octanol–water partition coefficient (Wildman–Crippen LogP) is 4.09. The third kappa shape index (κ3) is 4.18. The van der Waals surface area contributed by atoms with Crippen molar-refractivity contribution in [3.8, 4) is 5.69 Å². The lowest BCUT2D eigenvalue weighted by molar-refractivity contribution is -0.137. The largest absolute Gasteiger partial charge is 0.416 e. The fourth-order valence-electron chi connectivity index (χ4n) is 3.86. The number of fused-ring (bicyclic) bond motifs is 1. The number of nitrogens with zero attached hydrogens (tertiary/aromatic N) is 3. The molecule has 2 aromatic heterocycles. The van der Waals surface area contributed by atoms with Crippen LogP contribution >= 0.6 is 0 Å². The molecule has 0 unspecified atom stereocenters. The van der Waals surface area contributed by atoms with Crippen LogP contribution in [0.3, 0.4) is 0 Å². The first kappa shape index (κ1) is 20.4. The summed E-state index contributed by atoms with van der Waals surface area (Å²) in [7, 11) is 0. The summed E-state index contributed by atoms with van der Waals surface area (Å²) in [6.07, 6.45) is -0.128. The maximum atomic E-state index is 12.8. The van der Waals surface area contributed by atoms with Crippen LogP contribution in [-0.4, -0.2) is 26.0 Å². The Morgan fingerprint density at radius 2 is 1.93 bits per heavy atom. The molecule has 0 aliphatic carbocycles. The Kier molecular flexibility index (Phi) is 5.51. The molecule has 0 radical (unpaired) electrons. The van der Waals surface area contributed by atoms with Crippen LogP contribution in [0.1, 0.15) is 41.7 Å². The van der Waals surface area contributed by atoms with Crippen LogP contribution < -0.4 is 5.56 Å². The van der Waals surface area contributed by atoms with E-state index in [4.69, 9.17) is 0 Å². The van der Waals surface area contributed by atoms with Crippen LogP contribution in [0.2, 0.25) is 0 Å². The van der Waals surface area contributed by atoms with E-state index in [1.807, 2.05) is 29.8 Å². The minimum absolute atomic E-state index is 0.0775. The fourth-order valence-corrected chi connectivity index (χ4v) is 3.86. The molecule has 158 valence electrons. The van der Waals surface area contributed by atoms with Crippen LogP contribution in [0.15, 0.2) is 47.4 Å². The first-order valence-electron chi connectivity index (χ1n) is 10.0. The SMILES string of the molecule is CCCc1nc2c(c(=O)[nH]1)CN(Cc1cccn1-c1ccc(C(F)(F)F)cc1)CC2. The van der Waals surface area contributed by atoms with Gasteiger partial charge in [0.1, 0.15) is 5.82 Å². The molecular weight excluding hydrogens is 393 g/mol. The minimum atomic E-state index is -4.35. The molecule has 0 saturated heterocycles. The minimum Gasteiger partial charge on any atom is -0.320 e. The summed E-state index contributed by atoms with van der Waals surface area (Å²) < 4.78 is 40.4. The number of hydrogen-bond donors (Lipinski definition) is 1. The smallest absolute Gasteiger partial charge is 0.320 e. The quantitative estimate of drug-likeness (QED) is 0.682. The van der Waals surface area contributed by atoms with Gasteiger partial charge in [-0.15, -0.1) is 0 Å². The Bertz CT molecular complexity index is 1080. The maximum absolute atomic E-state index is 12.8. The van der Waals surface area contributed by atoms with Crippen molar-refractivity contribution >= 4 is 0 Å². The summed E-state index contributed by atoms with van der Waals surface area (Å²) in [4.78, 5) is 22.1. The number of rotatable bonds is 5. The van der Waals surface area contributed by atoms with Crippen molar-refractivity contribution in [1.29, 1.82) is 0 Å².